The summed E-state index contributed by atoms with van der Waals surface area (Å²) in [7, 11) is -3.88. The van der Waals surface area contributed by atoms with Crippen molar-refractivity contribution in [3.8, 4) is 0 Å². The molecule has 0 aliphatic heterocycles. The van der Waals surface area contributed by atoms with Crippen LogP contribution in [-0.2, 0) is 10.1 Å². The number of isothiocyanates is 1. The molecule has 0 rings (SSSR count). The van der Waals surface area contributed by atoms with E-state index in [1.54, 1.807) is 0 Å². The van der Waals surface area contributed by atoms with E-state index in [9.17, 15) is 8.42 Å². The second-order valence-electron chi connectivity index (χ2n) is 1.26. The van der Waals surface area contributed by atoms with Crippen LogP contribution in [0.4, 0.5) is 0 Å². The molecule has 0 fully saturated rings. The standard InChI is InChI=1S/C3H5NO3S2.Na.H/c5-9(6,7)2-1-4-3-8;;/h1-2H2,(H,5,6,7);;. The number of nitrogens with zero attached hydrogens (tertiary/aromatic N) is 1. The second kappa shape index (κ2) is 6.42. The van der Waals surface area contributed by atoms with Crippen molar-refractivity contribution in [3.05, 3.63) is 0 Å². The van der Waals surface area contributed by atoms with Crippen LogP contribution in [0.15, 0.2) is 4.99 Å². The van der Waals surface area contributed by atoms with Gasteiger partial charge in [0.25, 0.3) is 10.1 Å². The molecule has 0 aromatic heterocycles. The Kier molecular flexibility index (Phi) is 8.55. The van der Waals surface area contributed by atoms with Crippen molar-refractivity contribution in [2.75, 3.05) is 12.3 Å². The van der Waals surface area contributed by atoms with Gasteiger partial charge in [-0.25, -0.2) is 4.99 Å². The van der Waals surface area contributed by atoms with E-state index in [-0.39, 0.29) is 36.1 Å². The predicted molar refractivity (Wildman–Crippen MR) is 43.5 cm³/mol. The zero-order valence-corrected chi connectivity index (χ0v) is 6.07. The van der Waals surface area contributed by atoms with Crippen LogP contribution < -0.4 is 0 Å². The van der Waals surface area contributed by atoms with Gasteiger partial charge < -0.3 is 0 Å². The molecule has 0 aromatic carbocycles. The van der Waals surface area contributed by atoms with E-state index < -0.39 is 15.9 Å². The number of rotatable bonds is 3. The van der Waals surface area contributed by atoms with Gasteiger partial charge in [-0.05, 0) is 12.2 Å². The number of hydrogen-bond acceptors (Lipinski definition) is 4. The summed E-state index contributed by atoms with van der Waals surface area (Å²) in [6.45, 7) is -0.0255. The van der Waals surface area contributed by atoms with Crippen molar-refractivity contribution < 1.29 is 13.0 Å². The van der Waals surface area contributed by atoms with E-state index >= 15 is 0 Å². The van der Waals surface area contributed by atoms with E-state index in [4.69, 9.17) is 4.55 Å². The third kappa shape index (κ3) is 11.5. The molecule has 10 heavy (non-hydrogen) atoms. The second-order valence-corrected chi connectivity index (χ2v) is 3.01. The van der Waals surface area contributed by atoms with Gasteiger partial charge in [0.05, 0.1) is 17.5 Å². The third-order valence-corrected chi connectivity index (χ3v) is 1.35. The average molecular weight is 191 g/mol. The molecule has 0 heterocycles. The molecule has 7 heteroatoms. The molecule has 1 N–H and O–H groups in total. The van der Waals surface area contributed by atoms with Crippen molar-refractivity contribution >= 4 is 57.1 Å². The Morgan fingerprint density at radius 2 is 2.10 bits per heavy atom. The summed E-state index contributed by atoms with van der Waals surface area (Å²) in [4.78, 5) is 3.28. The number of hydrogen-bond donors (Lipinski definition) is 1. The van der Waals surface area contributed by atoms with E-state index in [2.05, 4.69) is 17.2 Å². The fraction of sp³-hybridized carbons (Fsp3) is 0.667. The van der Waals surface area contributed by atoms with Crippen molar-refractivity contribution in [1.82, 2.24) is 0 Å². The Morgan fingerprint density at radius 3 is 2.40 bits per heavy atom. The van der Waals surface area contributed by atoms with Crippen LogP contribution in [0.3, 0.4) is 0 Å². The van der Waals surface area contributed by atoms with E-state index in [0.717, 1.165) is 0 Å². The molecule has 0 saturated carbocycles. The number of aliphatic imine (C=N–C) groups is 1. The van der Waals surface area contributed by atoms with Gasteiger partial charge in [0.15, 0.2) is 0 Å². The zero-order chi connectivity index (χ0) is 7.33. The molecule has 4 nitrogen and oxygen atoms in total. The Balaban J connectivity index is 0. The molecular weight excluding hydrogens is 185 g/mol. The molecule has 0 atom stereocenters. The van der Waals surface area contributed by atoms with Gasteiger partial charge in [0.1, 0.15) is 0 Å². The van der Waals surface area contributed by atoms with Crippen molar-refractivity contribution in [2.45, 2.75) is 0 Å². The molecule has 0 radical (unpaired) electrons. The Morgan fingerprint density at radius 1 is 1.60 bits per heavy atom. The van der Waals surface area contributed by atoms with Gasteiger partial charge in [-0.3, -0.25) is 4.55 Å². The minimum atomic E-state index is -3.88. The van der Waals surface area contributed by atoms with Crippen LogP contribution in [-0.4, -0.2) is 60.0 Å². The normalized spacial score (nSPS) is 9.30. The van der Waals surface area contributed by atoms with Crippen molar-refractivity contribution in [2.24, 2.45) is 4.99 Å². The van der Waals surface area contributed by atoms with Crippen molar-refractivity contribution in [1.29, 1.82) is 0 Å². The molecule has 0 saturated heterocycles. The van der Waals surface area contributed by atoms with Gasteiger partial charge in [-0.1, -0.05) is 0 Å². The fourth-order valence-corrected chi connectivity index (χ4v) is 0.620. The molecule has 0 amide bonds. The molecule has 54 valence electrons. The maximum absolute atomic E-state index is 9.94. The first-order valence-electron chi connectivity index (χ1n) is 2.05. The Hall–Kier alpha value is 0.710. The van der Waals surface area contributed by atoms with Crippen LogP contribution in [0.25, 0.3) is 0 Å². The molecule has 0 aromatic rings. The van der Waals surface area contributed by atoms with Crippen LogP contribution in [0.1, 0.15) is 0 Å². The van der Waals surface area contributed by atoms with Crippen molar-refractivity contribution in [3.63, 3.8) is 0 Å². The Labute approximate surface area is 86.8 Å². The van der Waals surface area contributed by atoms with Gasteiger partial charge in [0, 0.05) is 0 Å². The van der Waals surface area contributed by atoms with Gasteiger partial charge in [0.2, 0.25) is 0 Å². The predicted octanol–water partition coefficient (Wildman–Crippen LogP) is -0.671. The van der Waals surface area contributed by atoms with Crippen LogP contribution in [0, 0.1) is 0 Å². The summed E-state index contributed by atoms with van der Waals surface area (Å²) in [5, 5.41) is 1.97. The topological polar surface area (TPSA) is 66.7 Å². The summed E-state index contributed by atoms with van der Waals surface area (Å²) >= 11 is 4.15. The van der Waals surface area contributed by atoms with Gasteiger partial charge in [-0.2, -0.15) is 8.42 Å². The summed E-state index contributed by atoms with van der Waals surface area (Å²) in [5.74, 6) is -0.392. The summed E-state index contributed by atoms with van der Waals surface area (Å²) in [6.07, 6.45) is 0. The Bertz CT molecular complexity index is 218. The van der Waals surface area contributed by atoms with E-state index in [1.807, 2.05) is 5.16 Å². The van der Waals surface area contributed by atoms with E-state index in [0.29, 0.717) is 0 Å². The average Bonchev–Trinajstić information content (AvgIpc) is 1.63. The zero-order valence-electron chi connectivity index (χ0n) is 4.44. The number of thiocarbonyl (C=S) groups is 1. The monoisotopic (exact) mass is 191 g/mol. The maximum atomic E-state index is 9.94. The third-order valence-electron chi connectivity index (χ3n) is 0.526. The summed E-state index contributed by atoms with van der Waals surface area (Å²) in [5.41, 5.74) is 0. The molecule has 0 unspecified atom stereocenters. The quantitative estimate of drug-likeness (QED) is 0.278. The van der Waals surface area contributed by atoms with E-state index in [1.165, 1.54) is 0 Å². The van der Waals surface area contributed by atoms with Crippen LogP contribution in [0.2, 0.25) is 0 Å². The fourth-order valence-electron chi connectivity index (χ4n) is 0.207. The molecule has 0 spiro atoms. The first-order valence-corrected chi connectivity index (χ1v) is 4.07. The molecule has 0 bridgehead atoms. The van der Waals surface area contributed by atoms with Crippen LogP contribution in [0.5, 0.6) is 0 Å². The first kappa shape index (κ1) is 13.3. The van der Waals surface area contributed by atoms with Gasteiger partial charge >= 0.3 is 29.6 Å². The summed E-state index contributed by atoms with van der Waals surface area (Å²) < 4.78 is 28.0. The van der Waals surface area contributed by atoms with Crippen LogP contribution >= 0.6 is 12.2 Å². The molecular formula is C3H6NNaO3S2. The minimum absolute atomic E-state index is 0. The molecule has 0 aliphatic carbocycles. The molecule has 0 aliphatic rings. The van der Waals surface area contributed by atoms with Gasteiger partial charge in [-0.15, -0.1) is 0 Å². The first-order chi connectivity index (χ1) is 4.06. The SMILES string of the molecule is O=S(=O)(O)CCN=C=S.[NaH]. The summed E-state index contributed by atoms with van der Waals surface area (Å²) in [6, 6.07) is 0.